The van der Waals surface area contributed by atoms with Gasteiger partial charge in [-0.15, -0.1) is 0 Å². The van der Waals surface area contributed by atoms with Gasteiger partial charge in [-0.25, -0.2) is 8.42 Å². The average Bonchev–Trinajstić information content (AvgIpc) is 3.27. The number of rotatable bonds is 8. The number of nitrogens with one attached hydrogen (secondary N) is 1. The summed E-state index contributed by atoms with van der Waals surface area (Å²) in [5.74, 6) is -0.237. The van der Waals surface area contributed by atoms with Gasteiger partial charge in [0, 0.05) is 25.2 Å². The van der Waals surface area contributed by atoms with Crippen molar-refractivity contribution in [3.63, 3.8) is 0 Å². The largest absolute Gasteiger partial charge is 0.374 e. The molecule has 0 aromatic heterocycles. The molecule has 1 fully saturated rings. The smallest absolute Gasteiger partial charge is 0.251 e. The molecule has 1 saturated heterocycles. The lowest BCUT2D eigenvalue weighted by Crippen LogP contribution is -2.28. The maximum absolute atomic E-state index is 12.6. The van der Waals surface area contributed by atoms with E-state index in [1.54, 1.807) is 12.1 Å². The summed E-state index contributed by atoms with van der Waals surface area (Å²) in [5, 5.41) is 2.88. The molecule has 0 atom stereocenters. The minimum atomic E-state index is -3.46. The molecule has 156 valence electrons. The minimum Gasteiger partial charge on any atom is -0.374 e. The first-order chi connectivity index (χ1) is 13.9. The van der Waals surface area contributed by atoms with Gasteiger partial charge >= 0.3 is 0 Å². The Kier molecular flexibility index (Phi) is 7.05. The fourth-order valence-electron chi connectivity index (χ4n) is 3.23. The fraction of sp³-hybridized carbons (Fsp3) is 0.409. The lowest BCUT2D eigenvalue weighted by atomic mass is 10.1. The average molecular weight is 417 g/mol. The molecular weight excluding hydrogens is 388 g/mol. The Balaban J connectivity index is 1.59. The number of sulfonamides is 1. The van der Waals surface area contributed by atoms with E-state index in [-0.39, 0.29) is 16.9 Å². The van der Waals surface area contributed by atoms with Crippen molar-refractivity contribution in [1.82, 2.24) is 9.62 Å². The van der Waals surface area contributed by atoms with Crippen LogP contribution in [0.2, 0.25) is 0 Å². The van der Waals surface area contributed by atoms with Gasteiger partial charge in [0.2, 0.25) is 10.0 Å². The van der Waals surface area contributed by atoms with E-state index >= 15 is 0 Å². The summed E-state index contributed by atoms with van der Waals surface area (Å²) in [7, 11) is -3.46. The highest BCUT2D eigenvalue weighted by Crippen LogP contribution is 2.21. The second-order valence-electron chi connectivity index (χ2n) is 7.50. The summed E-state index contributed by atoms with van der Waals surface area (Å²) in [6.45, 7) is 6.03. The van der Waals surface area contributed by atoms with Crippen LogP contribution in [-0.4, -0.2) is 37.8 Å². The molecule has 1 aliphatic heterocycles. The van der Waals surface area contributed by atoms with E-state index in [2.05, 4.69) is 5.32 Å². The number of nitrogens with zero attached hydrogens (tertiary/aromatic N) is 1. The molecule has 0 spiro atoms. The van der Waals surface area contributed by atoms with Crippen LogP contribution >= 0.6 is 0 Å². The second-order valence-corrected chi connectivity index (χ2v) is 9.44. The highest BCUT2D eigenvalue weighted by Gasteiger charge is 2.27. The van der Waals surface area contributed by atoms with Gasteiger partial charge in [-0.3, -0.25) is 4.79 Å². The molecule has 2 aromatic carbocycles. The Hall–Kier alpha value is -2.22. The zero-order chi connectivity index (χ0) is 20.9. The first-order valence-corrected chi connectivity index (χ1v) is 11.4. The predicted molar refractivity (Wildman–Crippen MR) is 112 cm³/mol. The standard InChI is InChI=1S/C22H28N2O4S/c1-17(2)28-16-19-7-5-6-18(14-19)15-23-22(25)20-8-10-21(11-9-20)29(26,27)24-12-3-4-13-24/h5-11,14,17H,3-4,12-13,15-16H2,1-2H3,(H,23,25). The number of carbonyl (C=O) groups excluding carboxylic acids is 1. The SMILES string of the molecule is CC(C)OCc1cccc(CNC(=O)c2ccc(S(=O)(=O)N3CCCC3)cc2)c1. The van der Waals surface area contributed by atoms with Crippen LogP contribution in [0.25, 0.3) is 0 Å². The highest BCUT2D eigenvalue weighted by molar-refractivity contribution is 7.89. The molecule has 1 amide bonds. The van der Waals surface area contributed by atoms with Crippen molar-refractivity contribution in [2.45, 2.75) is 50.8 Å². The van der Waals surface area contributed by atoms with Crippen LogP contribution in [0, 0.1) is 0 Å². The van der Waals surface area contributed by atoms with Crippen molar-refractivity contribution in [2.24, 2.45) is 0 Å². The van der Waals surface area contributed by atoms with Crippen LogP contribution in [0.3, 0.4) is 0 Å². The van der Waals surface area contributed by atoms with E-state index in [1.807, 2.05) is 38.1 Å². The number of ether oxygens (including phenoxy) is 1. The quantitative estimate of drug-likeness (QED) is 0.716. The van der Waals surface area contributed by atoms with Gasteiger partial charge in [0.05, 0.1) is 17.6 Å². The van der Waals surface area contributed by atoms with Crippen molar-refractivity contribution in [2.75, 3.05) is 13.1 Å². The van der Waals surface area contributed by atoms with Crippen LogP contribution in [0.5, 0.6) is 0 Å². The Labute approximate surface area is 172 Å². The van der Waals surface area contributed by atoms with Gasteiger partial charge in [-0.2, -0.15) is 4.31 Å². The van der Waals surface area contributed by atoms with Crippen LogP contribution in [0.1, 0.15) is 48.2 Å². The first kappa shape index (κ1) is 21.5. The molecule has 1 N–H and O–H groups in total. The molecule has 1 aliphatic rings. The number of hydrogen-bond donors (Lipinski definition) is 1. The Morgan fingerprint density at radius 1 is 1.07 bits per heavy atom. The van der Waals surface area contributed by atoms with Gasteiger partial charge in [0.25, 0.3) is 5.91 Å². The van der Waals surface area contributed by atoms with Crippen LogP contribution < -0.4 is 5.32 Å². The van der Waals surface area contributed by atoms with Gasteiger partial charge in [0.15, 0.2) is 0 Å². The summed E-state index contributed by atoms with van der Waals surface area (Å²) >= 11 is 0. The summed E-state index contributed by atoms with van der Waals surface area (Å²) in [4.78, 5) is 12.7. The zero-order valence-corrected chi connectivity index (χ0v) is 17.7. The van der Waals surface area contributed by atoms with E-state index in [9.17, 15) is 13.2 Å². The molecule has 0 aliphatic carbocycles. The summed E-state index contributed by atoms with van der Waals surface area (Å²) < 4.78 is 32.2. The monoisotopic (exact) mass is 416 g/mol. The third-order valence-corrected chi connectivity index (χ3v) is 6.76. The van der Waals surface area contributed by atoms with E-state index in [0.717, 1.165) is 24.0 Å². The normalized spacial score (nSPS) is 15.0. The molecule has 29 heavy (non-hydrogen) atoms. The molecule has 3 rings (SSSR count). The topological polar surface area (TPSA) is 75.7 Å². The summed E-state index contributed by atoms with van der Waals surface area (Å²) in [5.41, 5.74) is 2.48. The molecule has 0 bridgehead atoms. The minimum absolute atomic E-state index is 0.163. The zero-order valence-electron chi connectivity index (χ0n) is 16.9. The highest BCUT2D eigenvalue weighted by atomic mass is 32.2. The molecule has 7 heteroatoms. The van der Waals surface area contributed by atoms with E-state index < -0.39 is 10.0 Å². The molecule has 1 heterocycles. The van der Waals surface area contributed by atoms with Gasteiger partial charge in [0.1, 0.15) is 0 Å². The molecular formula is C22H28N2O4S. The number of carbonyl (C=O) groups is 1. The van der Waals surface area contributed by atoms with Gasteiger partial charge < -0.3 is 10.1 Å². The molecule has 6 nitrogen and oxygen atoms in total. The lowest BCUT2D eigenvalue weighted by Gasteiger charge is -2.15. The third-order valence-electron chi connectivity index (χ3n) is 4.85. The van der Waals surface area contributed by atoms with Crippen LogP contribution in [-0.2, 0) is 27.9 Å². The molecule has 0 saturated carbocycles. The van der Waals surface area contributed by atoms with Crippen LogP contribution in [0.4, 0.5) is 0 Å². The Morgan fingerprint density at radius 3 is 2.38 bits per heavy atom. The van der Waals surface area contributed by atoms with E-state index in [4.69, 9.17) is 4.74 Å². The van der Waals surface area contributed by atoms with Crippen molar-refractivity contribution >= 4 is 15.9 Å². The maximum atomic E-state index is 12.6. The third kappa shape index (κ3) is 5.65. The van der Waals surface area contributed by atoms with Crippen molar-refractivity contribution < 1.29 is 17.9 Å². The van der Waals surface area contributed by atoms with E-state index in [1.165, 1.54) is 16.4 Å². The summed E-state index contributed by atoms with van der Waals surface area (Å²) in [6.07, 6.45) is 1.95. The molecule has 0 unspecified atom stereocenters. The van der Waals surface area contributed by atoms with Gasteiger partial charge in [-0.1, -0.05) is 24.3 Å². The molecule has 2 aromatic rings. The number of amides is 1. The maximum Gasteiger partial charge on any atom is 0.251 e. The Morgan fingerprint density at radius 2 is 1.72 bits per heavy atom. The number of hydrogen-bond acceptors (Lipinski definition) is 4. The van der Waals surface area contributed by atoms with Crippen molar-refractivity contribution in [1.29, 1.82) is 0 Å². The number of benzene rings is 2. The summed E-state index contributed by atoms with van der Waals surface area (Å²) in [6, 6.07) is 14.0. The second kappa shape index (κ2) is 9.52. The van der Waals surface area contributed by atoms with Gasteiger partial charge in [-0.05, 0) is 62.1 Å². The lowest BCUT2D eigenvalue weighted by molar-refractivity contribution is 0.0657. The predicted octanol–water partition coefficient (Wildman–Crippen LogP) is 3.33. The molecule has 0 radical (unpaired) electrons. The fourth-order valence-corrected chi connectivity index (χ4v) is 4.75. The van der Waals surface area contributed by atoms with Crippen LogP contribution in [0.15, 0.2) is 53.4 Å². The van der Waals surface area contributed by atoms with E-state index in [0.29, 0.717) is 31.8 Å². The first-order valence-electron chi connectivity index (χ1n) is 9.94. The van der Waals surface area contributed by atoms with Crippen molar-refractivity contribution in [3.05, 3.63) is 65.2 Å². The Bertz CT molecular complexity index is 934. The van der Waals surface area contributed by atoms with Crippen molar-refractivity contribution in [3.8, 4) is 0 Å².